The maximum absolute atomic E-state index is 13.8. The smallest absolute Gasteiger partial charge is 0.346 e. The summed E-state index contributed by atoms with van der Waals surface area (Å²) in [7, 11) is 0. The third-order valence-corrected chi connectivity index (χ3v) is 7.49. The summed E-state index contributed by atoms with van der Waals surface area (Å²) in [5.74, 6) is -3.43. The van der Waals surface area contributed by atoms with Gasteiger partial charge in [0.15, 0.2) is 5.78 Å². The maximum Gasteiger partial charge on any atom is 0.405 e. The van der Waals surface area contributed by atoms with Crippen LogP contribution in [0.15, 0.2) is 40.9 Å². The van der Waals surface area contributed by atoms with E-state index in [0.29, 0.717) is 5.56 Å². The number of hydrogen-bond acceptors (Lipinski definition) is 2. The van der Waals surface area contributed by atoms with E-state index in [1.807, 2.05) is 5.32 Å². The Morgan fingerprint density at radius 3 is 2.16 bits per heavy atom. The standard InChI is InChI=1S/C24H17BrCl3F6NO2/c25-16-7-12(2-4-15(24(32,33)34)14-8-18(27)19(28)9-17(14)26)1-3-13(16)20(36)10-22(5-6-22)21(37)35-11-23(29,30)31/h1-4,7-9,15H,5-6,10-11H2,(H,35,37)/b4-2+. The number of carbonyl (C=O) groups excluding carboxylic acids is 2. The molecule has 0 spiro atoms. The van der Waals surface area contributed by atoms with Crippen molar-refractivity contribution < 1.29 is 35.9 Å². The molecule has 13 heteroatoms. The van der Waals surface area contributed by atoms with Crippen molar-refractivity contribution in [3.63, 3.8) is 0 Å². The summed E-state index contributed by atoms with van der Waals surface area (Å²) in [6.07, 6.45) is -6.93. The molecule has 0 aromatic heterocycles. The third kappa shape index (κ3) is 7.65. The number of Topliss-reactive ketones (excluding diaryl/α,β-unsaturated/α-hetero) is 1. The Morgan fingerprint density at radius 1 is 1.00 bits per heavy atom. The molecule has 1 saturated carbocycles. The highest BCUT2D eigenvalue weighted by atomic mass is 79.9. The van der Waals surface area contributed by atoms with Gasteiger partial charge in [0.2, 0.25) is 5.91 Å². The lowest BCUT2D eigenvalue weighted by Crippen LogP contribution is -2.39. The van der Waals surface area contributed by atoms with Gasteiger partial charge in [-0.3, -0.25) is 9.59 Å². The first kappa shape index (κ1) is 29.8. The molecule has 3 rings (SSSR count). The van der Waals surface area contributed by atoms with E-state index in [0.717, 1.165) is 18.2 Å². The maximum atomic E-state index is 13.8. The molecule has 3 nitrogen and oxygen atoms in total. The van der Waals surface area contributed by atoms with Gasteiger partial charge in [-0.15, -0.1) is 0 Å². The first-order valence-corrected chi connectivity index (χ1v) is 12.5. The lowest BCUT2D eigenvalue weighted by Gasteiger charge is -2.19. The molecule has 200 valence electrons. The second kappa shape index (κ2) is 11.2. The van der Waals surface area contributed by atoms with Crippen molar-refractivity contribution in [1.29, 1.82) is 0 Å². The minimum absolute atomic E-state index is 0.00955. The molecule has 1 amide bonds. The number of halogens is 10. The number of rotatable bonds is 8. The fraction of sp³-hybridized carbons (Fsp3) is 0.333. The van der Waals surface area contributed by atoms with Crippen molar-refractivity contribution in [3.05, 3.63) is 72.6 Å². The van der Waals surface area contributed by atoms with Gasteiger partial charge in [0.25, 0.3) is 0 Å². The fourth-order valence-corrected chi connectivity index (χ4v) is 4.93. The van der Waals surface area contributed by atoms with Gasteiger partial charge in [-0.25, -0.2) is 0 Å². The van der Waals surface area contributed by atoms with E-state index in [-0.39, 0.29) is 49.9 Å². The summed E-state index contributed by atoms with van der Waals surface area (Å²) in [4.78, 5) is 25.0. The lowest BCUT2D eigenvalue weighted by molar-refractivity contribution is -0.141. The lowest BCUT2D eigenvalue weighted by atomic mass is 9.93. The summed E-state index contributed by atoms with van der Waals surface area (Å²) in [6.45, 7) is -1.49. The van der Waals surface area contributed by atoms with Gasteiger partial charge in [-0.2, -0.15) is 26.3 Å². The third-order valence-electron chi connectivity index (χ3n) is 5.79. The summed E-state index contributed by atoms with van der Waals surface area (Å²) in [5.41, 5.74) is -1.02. The summed E-state index contributed by atoms with van der Waals surface area (Å²) in [6, 6.07) is 6.36. The van der Waals surface area contributed by atoms with E-state index in [1.54, 1.807) is 0 Å². The molecule has 2 aromatic carbocycles. The molecule has 1 aliphatic carbocycles. The number of amides is 1. The van der Waals surface area contributed by atoms with E-state index in [9.17, 15) is 35.9 Å². The first-order chi connectivity index (χ1) is 17.0. The average molecular weight is 652 g/mol. The highest BCUT2D eigenvalue weighted by Gasteiger charge is 2.51. The van der Waals surface area contributed by atoms with Crippen molar-refractivity contribution in [1.82, 2.24) is 5.32 Å². The minimum Gasteiger partial charge on any atom is -0.346 e. The zero-order valence-electron chi connectivity index (χ0n) is 18.5. The number of alkyl halides is 6. The molecule has 1 unspecified atom stereocenters. The van der Waals surface area contributed by atoms with Crippen LogP contribution in [0.2, 0.25) is 15.1 Å². The number of ketones is 1. The molecule has 0 aliphatic heterocycles. The van der Waals surface area contributed by atoms with Crippen LogP contribution in [-0.4, -0.2) is 30.6 Å². The van der Waals surface area contributed by atoms with Gasteiger partial charge in [-0.1, -0.05) is 69.0 Å². The van der Waals surface area contributed by atoms with Gasteiger partial charge >= 0.3 is 12.4 Å². The van der Waals surface area contributed by atoms with E-state index in [2.05, 4.69) is 15.9 Å². The van der Waals surface area contributed by atoms with Crippen LogP contribution in [0, 0.1) is 5.41 Å². The van der Waals surface area contributed by atoms with E-state index in [4.69, 9.17) is 34.8 Å². The SMILES string of the molecule is O=C(CC1(C(=O)NCC(F)(F)F)CC1)c1ccc(/C=C/C(c2cc(Cl)c(Cl)cc2Cl)C(F)(F)F)cc1Br. The molecule has 37 heavy (non-hydrogen) atoms. The molecule has 0 radical (unpaired) electrons. The Kier molecular flexibility index (Phi) is 8.99. The predicted octanol–water partition coefficient (Wildman–Crippen LogP) is 8.80. The number of carbonyl (C=O) groups is 2. The molecule has 0 bridgehead atoms. The Labute approximate surface area is 231 Å². The highest BCUT2D eigenvalue weighted by Crippen LogP contribution is 2.50. The molecule has 2 aromatic rings. The minimum atomic E-state index is -4.70. The van der Waals surface area contributed by atoms with Crippen molar-refractivity contribution in [2.24, 2.45) is 5.41 Å². The summed E-state index contributed by atoms with van der Waals surface area (Å²) < 4.78 is 78.8. The molecule has 1 fully saturated rings. The van der Waals surface area contributed by atoms with Crippen LogP contribution >= 0.6 is 50.7 Å². The van der Waals surface area contributed by atoms with Gasteiger partial charge in [0.1, 0.15) is 6.54 Å². The van der Waals surface area contributed by atoms with Crippen LogP contribution in [0.4, 0.5) is 26.3 Å². The Hall–Kier alpha value is -1.75. The van der Waals surface area contributed by atoms with Crippen LogP contribution in [-0.2, 0) is 4.79 Å². The van der Waals surface area contributed by atoms with E-state index in [1.165, 1.54) is 24.3 Å². The van der Waals surface area contributed by atoms with Crippen LogP contribution in [0.3, 0.4) is 0 Å². The number of allylic oxidation sites excluding steroid dienone is 1. The molecule has 0 heterocycles. The summed E-state index contributed by atoms with van der Waals surface area (Å²) in [5, 5.41) is 1.53. The largest absolute Gasteiger partial charge is 0.405 e. The van der Waals surface area contributed by atoms with Crippen molar-refractivity contribution in [3.8, 4) is 0 Å². The summed E-state index contributed by atoms with van der Waals surface area (Å²) >= 11 is 20.9. The Balaban J connectivity index is 1.77. The first-order valence-electron chi connectivity index (χ1n) is 10.6. The van der Waals surface area contributed by atoms with Gasteiger partial charge in [-0.05, 0) is 48.2 Å². The number of nitrogens with one attached hydrogen (secondary N) is 1. The topological polar surface area (TPSA) is 46.2 Å². The number of hydrogen-bond donors (Lipinski definition) is 1. The molecule has 0 saturated heterocycles. The Bertz CT molecular complexity index is 1240. The van der Waals surface area contributed by atoms with E-state index >= 15 is 0 Å². The van der Waals surface area contributed by atoms with Gasteiger partial charge in [0, 0.05) is 21.5 Å². The van der Waals surface area contributed by atoms with Crippen LogP contribution < -0.4 is 5.32 Å². The zero-order chi connectivity index (χ0) is 27.8. The quantitative estimate of drug-likeness (QED) is 0.176. The van der Waals surface area contributed by atoms with E-state index < -0.39 is 41.9 Å². The van der Waals surface area contributed by atoms with Gasteiger partial charge < -0.3 is 5.32 Å². The molecule has 1 N–H and O–H groups in total. The molecular weight excluding hydrogens is 635 g/mol. The van der Waals surface area contributed by atoms with Crippen molar-refractivity contribution >= 4 is 68.5 Å². The van der Waals surface area contributed by atoms with Crippen LogP contribution in [0.25, 0.3) is 6.08 Å². The van der Waals surface area contributed by atoms with Crippen LogP contribution in [0.1, 0.15) is 46.7 Å². The second-order valence-electron chi connectivity index (χ2n) is 8.58. The van der Waals surface area contributed by atoms with Crippen molar-refractivity contribution in [2.75, 3.05) is 6.54 Å². The Morgan fingerprint density at radius 2 is 1.62 bits per heavy atom. The van der Waals surface area contributed by atoms with Gasteiger partial charge in [0.05, 0.1) is 21.4 Å². The van der Waals surface area contributed by atoms with Crippen molar-refractivity contribution in [2.45, 2.75) is 37.5 Å². The molecular formula is C24H17BrCl3F6NO2. The molecule has 1 atom stereocenters. The second-order valence-corrected chi connectivity index (χ2v) is 10.7. The zero-order valence-corrected chi connectivity index (χ0v) is 22.4. The monoisotopic (exact) mass is 649 g/mol. The average Bonchev–Trinajstić information content (AvgIpc) is 3.54. The highest BCUT2D eigenvalue weighted by molar-refractivity contribution is 9.10. The van der Waals surface area contributed by atoms with Crippen LogP contribution in [0.5, 0.6) is 0 Å². The normalized spacial score (nSPS) is 16.1. The number of benzene rings is 2. The fourth-order valence-electron chi connectivity index (χ4n) is 3.64. The predicted molar refractivity (Wildman–Crippen MR) is 133 cm³/mol. The molecule has 1 aliphatic rings.